The van der Waals surface area contributed by atoms with E-state index in [1.165, 1.54) is 11.1 Å². The Labute approximate surface area is 111 Å². The molecular formula is C14H17N3S. The van der Waals surface area contributed by atoms with Crippen LogP contribution in [0, 0.1) is 6.92 Å². The van der Waals surface area contributed by atoms with Crippen LogP contribution in [0.1, 0.15) is 21.1 Å². The lowest BCUT2D eigenvalue weighted by Gasteiger charge is -2.17. The van der Waals surface area contributed by atoms with Gasteiger partial charge in [0.15, 0.2) is 0 Å². The van der Waals surface area contributed by atoms with E-state index in [0.29, 0.717) is 0 Å². The van der Waals surface area contributed by atoms with Crippen molar-refractivity contribution in [2.24, 2.45) is 0 Å². The van der Waals surface area contributed by atoms with Crippen molar-refractivity contribution in [3.8, 4) is 0 Å². The van der Waals surface area contributed by atoms with Crippen LogP contribution in [0.25, 0.3) is 0 Å². The molecule has 2 heterocycles. The van der Waals surface area contributed by atoms with Crippen LogP contribution in [0.2, 0.25) is 0 Å². The Morgan fingerprint density at radius 3 is 2.33 bits per heavy atom. The van der Waals surface area contributed by atoms with E-state index >= 15 is 0 Å². The number of aromatic nitrogens is 2. The van der Waals surface area contributed by atoms with Gasteiger partial charge in [-0.3, -0.25) is 4.90 Å². The number of benzene rings is 1. The Balaban J connectivity index is 1.68. The third-order valence-corrected chi connectivity index (χ3v) is 4.26. The molecule has 0 atom stereocenters. The van der Waals surface area contributed by atoms with Crippen LogP contribution in [0.3, 0.4) is 0 Å². The fourth-order valence-electron chi connectivity index (χ4n) is 2.47. The number of hydrogen-bond acceptors (Lipinski definition) is 4. The van der Waals surface area contributed by atoms with Crippen molar-refractivity contribution in [2.75, 3.05) is 13.1 Å². The Morgan fingerprint density at radius 2 is 1.78 bits per heavy atom. The van der Waals surface area contributed by atoms with E-state index in [1.807, 2.05) is 6.92 Å². The maximum absolute atomic E-state index is 4.22. The summed E-state index contributed by atoms with van der Waals surface area (Å²) in [6, 6.07) is 8.80. The quantitative estimate of drug-likeness (QED) is 0.829. The van der Waals surface area contributed by atoms with Crippen LogP contribution in [0.5, 0.6) is 0 Å². The highest BCUT2D eigenvalue weighted by atomic mass is 32.1. The summed E-state index contributed by atoms with van der Waals surface area (Å²) in [5.41, 5.74) is 3.02. The average molecular weight is 259 g/mol. The molecule has 0 radical (unpaired) electrons. The second-order valence-corrected chi connectivity index (χ2v) is 6.03. The smallest absolute Gasteiger partial charge is 0.131 e. The summed E-state index contributed by atoms with van der Waals surface area (Å²) in [6.45, 7) is 5.20. The fraction of sp³-hybridized carbons (Fsp3) is 0.429. The SMILES string of the molecule is Cc1nnc(CN2CCc3ccccc3CC2)s1. The predicted molar refractivity (Wildman–Crippen MR) is 73.8 cm³/mol. The van der Waals surface area contributed by atoms with Crippen molar-refractivity contribution in [3.63, 3.8) is 0 Å². The summed E-state index contributed by atoms with van der Waals surface area (Å²) < 4.78 is 0. The summed E-state index contributed by atoms with van der Waals surface area (Å²) in [5, 5.41) is 10.5. The molecule has 4 heteroatoms. The molecule has 0 amide bonds. The molecule has 2 aromatic rings. The van der Waals surface area contributed by atoms with Gasteiger partial charge in [-0.15, -0.1) is 21.5 Å². The van der Waals surface area contributed by atoms with Crippen molar-refractivity contribution in [2.45, 2.75) is 26.3 Å². The van der Waals surface area contributed by atoms with E-state index in [2.05, 4.69) is 39.4 Å². The molecule has 1 aliphatic heterocycles. The van der Waals surface area contributed by atoms with Crippen LogP contribution in [0.4, 0.5) is 0 Å². The van der Waals surface area contributed by atoms with E-state index in [0.717, 1.165) is 42.5 Å². The van der Waals surface area contributed by atoms with Crippen molar-refractivity contribution >= 4 is 11.3 Å². The monoisotopic (exact) mass is 259 g/mol. The number of aryl methyl sites for hydroxylation is 1. The minimum absolute atomic E-state index is 0.944. The molecule has 18 heavy (non-hydrogen) atoms. The molecule has 0 spiro atoms. The van der Waals surface area contributed by atoms with E-state index in [9.17, 15) is 0 Å². The van der Waals surface area contributed by atoms with E-state index in [4.69, 9.17) is 0 Å². The summed E-state index contributed by atoms with van der Waals surface area (Å²) in [5.74, 6) is 0. The molecule has 0 N–H and O–H groups in total. The number of fused-ring (bicyclic) bond motifs is 1. The molecular weight excluding hydrogens is 242 g/mol. The van der Waals surface area contributed by atoms with Gasteiger partial charge in [0.25, 0.3) is 0 Å². The summed E-state index contributed by atoms with van der Waals surface area (Å²) in [4.78, 5) is 2.49. The van der Waals surface area contributed by atoms with Gasteiger partial charge in [-0.1, -0.05) is 24.3 Å². The van der Waals surface area contributed by atoms with Crippen LogP contribution in [-0.4, -0.2) is 28.2 Å². The molecule has 0 fully saturated rings. The molecule has 0 aliphatic carbocycles. The maximum Gasteiger partial charge on any atom is 0.131 e. The fourth-order valence-corrected chi connectivity index (χ4v) is 3.22. The van der Waals surface area contributed by atoms with Gasteiger partial charge in [-0.2, -0.15) is 0 Å². The van der Waals surface area contributed by atoms with Crippen molar-refractivity contribution in [1.29, 1.82) is 0 Å². The second kappa shape index (κ2) is 5.16. The van der Waals surface area contributed by atoms with Gasteiger partial charge < -0.3 is 0 Å². The Kier molecular flexibility index (Phi) is 3.39. The summed E-state index contributed by atoms with van der Waals surface area (Å²) in [7, 11) is 0. The Bertz CT molecular complexity index is 508. The molecule has 1 aromatic carbocycles. The number of rotatable bonds is 2. The molecule has 0 bridgehead atoms. The Morgan fingerprint density at radius 1 is 1.11 bits per heavy atom. The van der Waals surface area contributed by atoms with Crippen LogP contribution in [-0.2, 0) is 19.4 Å². The standard InChI is InChI=1S/C14H17N3S/c1-11-15-16-14(18-11)10-17-8-6-12-4-2-3-5-13(12)7-9-17/h2-5H,6-10H2,1H3. The lowest BCUT2D eigenvalue weighted by Crippen LogP contribution is -2.25. The molecule has 0 unspecified atom stereocenters. The highest BCUT2D eigenvalue weighted by molar-refractivity contribution is 7.11. The third-order valence-electron chi connectivity index (χ3n) is 3.44. The topological polar surface area (TPSA) is 29.0 Å². The first-order valence-electron chi connectivity index (χ1n) is 6.39. The van der Waals surface area contributed by atoms with Gasteiger partial charge in [0.2, 0.25) is 0 Å². The molecule has 3 rings (SSSR count). The Hall–Kier alpha value is -1.26. The van der Waals surface area contributed by atoms with Gasteiger partial charge in [0.1, 0.15) is 10.0 Å². The normalized spacial score (nSPS) is 16.3. The summed E-state index contributed by atoms with van der Waals surface area (Å²) in [6.07, 6.45) is 2.29. The third kappa shape index (κ3) is 2.60. The highest BCUT2D eigenvalue weighted by Crippen LogP contribution is 2.18. The first kappa shape index (κ1) is 11.8. The molecule has 1 aromatic heterocycles. The van der Waals surface area contributed by atoms with E-state index < -0.39 is 0 Å². The van der Waals surface area contributed by atoms with Crippen LogP contribution >= 0.6 is 11.3 Å². The van der Waals surface area contributed by atoms with E-state index in [-0.39, 0.29) is 0 Å². The van der Waals surface area contributed by atoms with Gasteiger partial charge in [0.05, 0.1) is 6.54 Å². The highest BCUT2D eigenvalue weighted by Gasteiger charge is 2.14. The summed E-state index contributed by atoms with van der Waals surface area (Å²) >= 11 is 1.71. The zero-order valence-corrected chi connectivity index (χ0v) is 11.4. The molecule has 1 aliphatic rings. The maximum atomic E-state index is 4.22. The molecule has 94 valence electrons. The second-order valence-electron chi connectivity index (χ2n) is 4.76. The van der Waals surface area contributed by atoms with Crippen LogP contribution in [0.15, 0.2) is 24.3 Å². The predicted octanol–water partition coefficient (Wildman–Crippen LogP) is 2.45. The molecule has 0 saturated carbocycles. The van der Waals surface area contributed by atoms with Crippen molar-refractivity contribution < 1.29 is 0 Å². The largest absolute Gasteiger partial charge is 0.296 e. The number of nitrogens with zero attached hydrogens (tertiary/aromatic N) is 3. The minimum Gasteiger partial charge on any atom is -0.296 e. The minimum atomic E-state index is 0.944. The van der Waals surface area contributed by atoms with Crippen molar-refractivity contribution in [1.82, 2.24) is 15.1 Å². The molecule has 3 nitrogen and oxygen atoms in total. The number of hydrogen-bond donors (Lipinski definition) is 0. The van der Waals surface area contributed by atoms with E-state index in [1.54, 1.807) is 11.3 Å². The van der Waals surface area contributed by atoms with Crippen molar-refractivity contribution in [3.05, 3.63) is 45.4 Å². The van der Waals surface area contributed by atoms with Gasteiger partial charge in [-0.25, -0.2) is 0 Å². The molecule has 0 saturated heterocycles. The zero-order chi connectivity index (χ0) is 12.4. The first-order chi connectivity index (χ1) is 8.81. The lowest BCUT2D eigenvalue weighted by atomic mass is 10.0. The first-order valence-corrected chi connectivity index (χ1v) is 7.21. The lowest BCUT2D eigenvalue weighted by molar-refractivity contribution is 0.278. The van der Waals surface area contributed by atoms with Crippen LogP contribution < -0.4 is 0 Å². The zero-order valence-electron chi connectivity index (χ0n) is 10.6. The van der Waals surface area contributed by atoms with Gasteiger partial charge in [-0.05, 0) is 30.9 Å². The van der Waals surface area contributed by atoms with Gasteiger partial charge >= 0.3 is 0 Å². The average Bonchev–Trinajstić information content (AvgIpc) is 2.68. The van der Waals surface area contributed by atoms with Gasteiger partial charge in [0, 0.05) is 13.1 Å².